The summed E-state index contributed by atoms with van der Waals surface area (Å²) in [5, 5.41) is 11.8. The zero-order valence-corrected chi connectivity index (χ0v) is 15.5. The van der Waals surface area contributed by atoms with E-state index < -0.39 is 27.8 Å². The molecule has 3 rings (SSSR count). The second kappa shape index (κ2) is 7.50. The lowest BCUT2D eigenvalue weighted by Gasteiger charge is -2.11. The summed E-state index contributed by atoms with van der Waals surface area (Å²) >= 11 is 0. The molecule has 1 atom stereocenters. The summed E-state index contributed by atoms with van der Waals surface area (Å²) < 4.78 is 27.2. The molecule has 0 spiro atoms. The minimum atomic E-state index is -3.65. The zero-order valence-electron chi connectivity index (χ0n) is 14.7. The average molecular weight is 388 g/mol. The Hall–Kier alpha value is -2.71. The van der Waals surface area contributed by atoms with Crippen LogP contribution in [0.3, 0.4) is 0 Å². The van der Waals surface area contributed by atoms with Gasteiger partial charge in [-0.2, -0.15) is 0 Å². The van der Waals surface area contributed by atoms with Gasteiger partial charge in [0.1, 0.15) is 0 Å². The maximum atomic E-state index is 12.5. The Bertz CT molecular complexity index is 983. The van der Waals surface area contributed by atoms with Gasteiger partial charge in [0.15, 0.2) is 0 Å². The number of carbonyl (C=O) groups is 2. The standard InChI is InChI=1S/C19H20N2O5S/c1-12(19(23)24)13-4-2-6-16(10-13)20-18(22)14-5-3-7-17(11-14)27(25,26)21-15-8-9-15/h2-7,10-12,15,21H,8-9H2,1H3,(H,20,22)(H,23,24). The van der Waals surface area contributed by atoms with Crippen molar-refractivity contribution >= 4 is 27.6 Å². The summed E-state index contributed by atoms with van der Waals surface area (Å²) in [7, 11) is -3.65. The van der Waals surface area contributed by atoms with Gasteiger partial charge in [0, 0.05) is 17.3 Å². The lowest BCUT2D eigenvalue weighted by molar-refractivity contribution is -0.138. The smallest absolute Gasteiger partial charge is 0.310 e. The van der Waals surface area contributed by atoms with Crippen molar-refractivity contribution in [1.29, 1.82) is 0 Å². The molecule has 0 aromatic heterocycles. The SMILES string of the molecule is CC(C(=O)O)c1cccc(NC(=O)c2cccc(S(=O)(=O)NC3CC3)c2)c1. The van der Waals surface area contributed by atoms with Crippen molar-refractivity contribution < 1.29 is 23.1 Å². The summed E-state index contributed by atoms with van der Waals surface area (Å²) in [6.07, 6.45) is 1.65. The second-order valence-electron chi connectivity index (χ2n) is 6.56. The van der Waals surface area contributed by atoms with Crippen molar-refractivity contribution in [2.75, 3.05) is 5.32 Å². The number of anilines is 1. The van der Waals surface area contributed by atoms with Crippen molar-refractivity contribution in [3.8, 4) is 0 Å². The van der Waals surface area contributed by atoms with Crippen LogP contribution in [0.25, 0.3) is 0 Å². The van der Waals surface area contributed by atoms with Crippen LogP contribution < -0.4 is 10.0 Å². The Morgan fingerprint density at radius 1 is 1.11 bits per heavy atom. The van der Waals surface area contributed by atoms with E-state index in [1.54, 1.807) is 31.2 Å². The van der Waals surface area contributed by atoms with Gasteiger partial charge in [-0.3, -0.25) is 9.59 Å². The monoisotopic (exact) mass is 388 g/mol. The highest BCUT2D eigenvalue weighted by Crippen LogP contribution is 2.23. The number of hydrogen-bond donors (Lipinski definition) is 3. The molecule has 0 aliphatic heterocycles. The molecule has 0 bridgehead atoms. The molecular formula is C19H20N2O5S. The number of carboxylic acids is 1. The van der Waals surface area contributed by atoms with E-state index >= 15 is 0 Å². The molecule has 27 heavy (non-hydrogen) atoms. The van der Waals surface area contributed by atoms with Gasteiger partial charge in [0.25, 0.3) is 5.91 Å². The maximum absolute atomic E-state index is 12.5. The number of benzene rings is 2. The second-order valence-corrected chi connectivity index (χ2v) is 8.28. The number of amides is 1. The normalized spacial score (nSPS) is 15.1. The molecule has 0 heterocycles. The first-order chi connectivity index (χ1) is 12.8. The lowest BCUT2D eigenvalue weighted by atomic mass is 10.0. The van der Waals surface area contributed by atoms with Crippen molar-refractivity contribution in [2.24, 2.45) is 0 Å². The Kier molecular flexibility index (Phi) is 5.29. The van der Waals surface area contributed by atoms with Crippen LogP contribution in [-0.2, 0) is 14.8 Å². The Balaban J connectivity index is 1.78. The number of rotatable bonds is 7. The molecule has 1 aliphatic carbocycles. The van der Waals surface area contributed by atoms with Crippen LogP contribution in [0.4, 0.5) is 5.69 Å². The third-order valence-corrected chi connectivity index (χ3v) is 5.84. The van der Waals surface area contributed by atoms with E-state index in [1.165, 1.54) is 24.3 Å². The molecule has 1 amide bonds. The number of hydrogen-bond acceptors (Lipinski definition) is 4. The molecule has 142 valence electrons. The summed E-state index contributed by atoms with van der Waals surface area (Å²) in [5.41, 5.74) is 1.20. The van der Waals surface area contributed by atoms with E-state index in [0.717, 1.165) is 12.8 Å². The molecule has 8 heteroatoms. The highest BCUT2D eigenvalue weighted by molar-refractivity contribution is 7.89. The molecule has 1 aliphatic rings. The first-order valence-electron chi connectivity index (χ1n) is 8.53. The molecule has 0 saturated heterocycles. The van der Waals surface area contributed by atoms with Crippen molar-refractivity contribution in [2.45, 2.75) is 36.6 Å². The molecular weight excluding hydrogens is 368 g/mol. The highest BCUT2D eigenvalue weighted by Gasteiger charge is 2.28. The molecule has 3 N–H and O–H groups in total. The summed E-state index contributed by atoms with van der Waals surface area (Å²) in [6.45, 7) is 1.56. The van der Waals surface area contributed by atoms with E-state index in [2.05, 4.69) is 10.0 Å². The zero-order chi connectivity index (χ0) is 19.6. The number of sulfonamides is 1. The Labute approximate surface area is 157 Å². The third kappa shape index (κ3) is 4.72. The number of carbonyl (C=O) groups excluding carboxylic acids is 1. The van der Waals surface area contributed by atoms with Gasteiger partial charge in [-0.25, -0.2) is 13.1 Å². The summed E-state index contributed by atoms with van der Waals surface area (Å²) in [5.74, 6) is -2.14. The number of nitrogens with one attached hydrogen (secondary N) is 2. The van der Waals surface area contributed by atoms with Gasteiger partial charge in [0.2, 0.25) is 10.0 Å². The fourth-order valence-corrected chi connectivity index (χ4v) is 3.88. The van der Waals surface area contributed by atoms with Crippen LogP contribution in [0.5, 0.6) is 0 Å². The topological polar surface area (TPSA) is 113 Å². The van der Waals surface area contributed by atoms with E-state index in [-0.39, 0.29) is 16.5 Å². The largest absolute Gasteiger partial charge is 0.481 e. The van der Waals surface area contributed by atoms with Crippen molar-refractivity contribution in [3.05, 3.63) is 59.7 Å². The molecule has 0 radical (unpaired) electrons. The van der Waals surface area contributed by atoms with E-state index in [9.17, 15) is 18.0 Å². The first kappa shape index (κ1) is 19.1. The van der Waals surface area contributed by atoms with E-state index in [4.69, 9.17) is 5.11 Å². The molecule has 7 nitrogen and oxygen atoms in total. The van der Waals surface area contributed by atoms with Crippen LogP contribution in [0.15, 0.2) is 53.4 Å². The fourth-order valence-electron chi connectivity index (χ4n) is 2.52. The van der Waals surface area contributed by atoms with Crippen LogP contribution in [0.2, 0.25) is 0 Å². The van der Waals surface area contributed by atoms with Gasteiger partial charge in [-0.05, 0) is 55.7 Å². The van der Waals surface area contributed by atoms with Gasteiger partial charge < -0.3 is 10.4 Å². The predicted molar refractivity (Wildman–Crippen MR) is 100 cm³/mol. The van der Waals surface area contributed by atoms with Crippen LogP contribution in [0.1, 0.15) is 41.6 Å². The molecule has 1 unspecified atom stereocenters. The summed E-state index contributed by atoms with van der Waals surface area (Å²) in [6, 6.07) is 12.3. The number of carboxylic acid groups (broad SMARTS) is 1. The maximum Gasteiger partial charge on any atom is 0.310 e. The average Bonchev–Trinajstić information content (AvgIpc) is 3.44. The molecule has 2 aromatic carbocycles. The minimum Gasteiger partial charge on any atom is -0.481 e. The number of aliphatic carboxylic acids is 1. The fraction of sp³-hybridized carbons (Fsp3) is 0.263. The van der Waals surface area contributed by atoms with Gasteiger partial charge in [0.05, 0.1) is 10.8 Å². The van der Waals surface area contributed by atoms with Crippen molar-refractivity contribution in [1.82, 2.24) is 4.72 Å². The van der Waals surface area contributed by atoms with Crippen LogP contribution >= 0.6 is 0 Å². The lowest BCUT2D eigenvalue weighted by Crippen LogP contribution is -2.26. The Morgan fingerprint density at radius 3 is 2.48 bits per heavy atom. The van der Waals surface area contributed by atoms with E-state index in [0.29, 0.717) is 11.3 Å². The van der Waals surface area contributed by atoms with Crippen molar-refractivity contribution in [3.63, 3.8) is 0 Å². The first-order valence-corrected chi connectivity index (χ1v) is 10.0. The predicted octanol–water partition coefficient (Wildman–Crippen LogP) is 2.57. The molecule has 2 aromatic rings. The molecule has 1 fully saturated rings. The third-order valence-electron chi connectivity index (χ3n) is 4.32. The minimum absolute atomic E-state index is 0.0218. The van der Waals surface area contributed by atoms with Gasteiger partial charge >= 0.3 is 5.97 Å². The van der Waals surface area contributed by atoms with Gasteiger partial charge in [-0.15, -0.1) is 0 Å². The van der Waals surface area contributed by atoms with Crippen LogP contribution in [-0.4, -0.2) is 31.4 Å². The molecule has 1 saturated carbocycles. The van der Waals surface area contributed by atoms with Gasteiger partial charge in [-0.1, -0.05) is 18.2 Å². The quantitative estimate of drug-likeness (QED) is 0.675. The van der Waals surface area contributed by atoms with Crippen LogP contribution in [0, 0.1) is 0 Å². The Morgan fingerprint density at radius 2 is 1.81 bits per heavy atom. The van der Waals surface area contributed by atoms with E-state index in [1.807, 2.05) is 0 Å². The summed E-state index contributed by atoms with van der Waals surface area (Å²) in [4.78, 5) is 23.7. The highest BCUT2D eigenvalue weighted by atomic mass is 32.2.